The van der Waals surface area contributed by atoms with Crippen molar-refractivity contribution in [1.29, 1.82) is 0 Å². The summed E-state index contributed by atoms with van der Waals surface area (Å²) in [5, 5.41) is 6.82. The van der Waals surface area contributed by atoms with Gasteiger partial charge >= 0.3 is 0 Å². The summed E-state index contributed by atoms with van der Waals surface area (Å²) in [5.74, 6) is 0.918. The Kier molecular flexibility index (Phi) is 2.56. The standard InChI is InChI=1S/C12H15N3O/c1-7-4-9(5-8(2)12(7)16-3)11-10(13)6-14-15-11/h4-6H,13H2,1-3H3,(H,14,15). The molecule has 0 radical (unpaired) electrons. The van der Waals surface area contributed by atoms with Crippen LogP contribution in [0.25, 0.3) is 11.3 Å². The van der Waals surface area contributed by atoms with Gasteiger partial charge < -0.3 is 10.5 Å². The Balaban J connectivity index is 2.57. The van der Waals surface area contributed by atoms with Crippen LogP contribution in [-0.2, 0) is 0 Å². The van der Waals surface area contributed by atoms with E-state index in [-0.39, 0.29) is 0 Å². The van der Waals surface area contributed by atoms with Gasteiger partial charge in [0.1, 0.15) is 5.75 Å². The first-order chi connectivity index (χ1) is 7.63. The average molecular weight is 217 g/mol. The van der Waals surface area contributed by atoms with E-state index in [1.165, 1.54) is 0 Å². The van der Waals surface area contributed by atoms with Crippen molar-refractivity contribution in [3.05, 3.63) is 29.5 Å². The van der Waals surface area contributed by atoms with E-state index in [0.717, 1.165) is 28.1 Å². The van der Waals surface area contributed by atoms with Crippen LogP contribution in [0, 0.1) is 13.8 Å². The number of methoxy groups -OCH3 is 1. The number of hydrogen-bond acceptors (Lipinski definition) is 3. The molecule has 0 fully saturated rings. The van der Waals surface area contributed by atoms with Crippen LogP contribution < -0.4 is 10.5 Å². The van der Waals surface area contributed by atoms with Crippen LogP contribution in [0.1, 0.15) is 11.1 Å². The fourth-order valence-electron chi connectivity index (χ4n) is 1.94. The maximum absolute atomic E-state index is 5.82. The van der Waals surface area contributed by atoms with Gasteiger partial charge in [-0.3, -0.25) is 5.10 Å². The molecule has 0 aliphatic carbocycles. The molecule has 1 aromatic carbocycles. The second-order valence-corrected chi connectivity index (χ2v) is 3.84. The van der Waals surface area contributed by atoms with Crippen LogP contribution in [0.5, 0.6) is 5.75 Å². The second-order valence-electron chi connectivity index (χ2n) is 3.84. The van der Waals surface area contributed by atoms with Gasteiger partial charge in [0.15, 0.2) is 0 Å². The zero-order valence-corrected chi connectivity index (χ0v) is 9.66. The number of hydrogen-bond donors (Lipinski definition) is 2. The molecule has 0 atom stereocenters. The highest BCUT2D eigenvalue weighted by Crippen LogP contribution is 2.31. The van der Waals surface area contributed by atoms with E-state index in [0.29, 0.717) is 5.69 Å². The summed E-state index contributed by atoms with van der Waals surface area (Å²) in [4.78, 5) is 0. The third-order valence-electron chi connectivity index (χ3n) is 2.62. The molecule has 1 heterocycles. The molecule has 0 saturated carbocycles. The average Bonchev–Trinajstić information content (AvgIpc) is 2.64. The summed E-state index contributed by atoms with van der Waals surface area (Å²) in [6, 6.07) is 4.07. The van der Waals surface area contributed by atoms with E-state index in [4.69, 9.17) is 10.5 Å². The monoisotopic (exact) mass is 217 g/mol. The van der Waals surface area contributed by atoms with Crippen LogP contribution >= 0.6 is 0 Å². The SMILES string of the molecule is COc1c(C)cc(-c2[nH]ncc2N)cc1C. The van der Waals surface area contributed by atoms with Gasteiger partial charge in [-0.25, -0.2) is 0 Å². The van der Waals surface area contributed by atoms with Crippen LogP contribution in [0.3, 0.4) is 0 Å². The molecule has 1 aromatic heterocycles. The number of nitrogens with one attached hydrogen (secondary N) is 1. The summed E-state index contributed by atoms with van der Waals surface area (Å²) in [7, 11) is 1.68. The van der Waals surface area contributed by atoms with Crippen molar-refractivity contribution in [2.75, 3.05) is 12.8 Å². The molecule has 2 rings (SSSR count). The molecule has 84 valence electrons. The van der Waals surface area contributed by atoms with Crippen LogP contribution in [0.15, 0.2) is 18.3 Å². The van der Waals surface area contributed by atoms with Crippen LogP contribution in [0.2, 0.25) is 0 Å². The predicted molar refractivity (Wildman–Crippen MR) is 64.5 cm³/mol. The number of benzene rings is 1. The van der Waals surface area contributed by atoms with E-state index in [2.05, 4.69) is 10.2 Å². The summed E-state index contributed by atoms with van der Waals surface area (Å²) in [6.07, 6.45) is 1.62. The van der Waals surface area contributed by atoms with Gasteiger partial charge in [-0.1, -0.05) is 0 Å². The van der Waals surface area contributed by atoms with Crippen molar-refractivity contribution in [2.45, 2.75) is 13.8 Å². The Morgan fingerprint density at radius 2 is 1.88 bits per heavy atom. The van der Waals surface area contributed by atoms with Gasteiger partial charge in [-0.05, 0) is 37.1 Å². The minimum Gasteiger partial charge on any atom is -0.496 e. The number of aromatic amines is 1. The number of nitrogens with two attached hydrogens (primary N) is 1. The summed E-state index contributed by atoms with van der Waals surface area (Å²) in [5.41, 5.74) is 10.5. The number of aromatic nitrogens is 2. The first-order valence-electron chi connectivity index (χ1n) is 5.08. The first-order valence-corrected chi connectivity index (χ1v) is 5.08. The Morgan fingerprint density at radius 3 is 2.31 bits per heavy atom. The first kappa shape index (κ1) is 10.5. The molecule has 0 bridgehead atoms. The number of H-pyrrole nitrogens is 1. The molecule has 4 heteroatoms. The highest BCUT2D eigenvalue weighted by atomic mass is 16.5. The summed E-state index contributed by atoms with van der Waals surface area (Å²) in [6.45, 7) is 4.03. The molecule has 0 spiro atoms. The van der Waals surface area contributed by atoms with Crippen molar-refractivity contribution in [1.82, 2.24) is 10.2 Å². The van der Waals surface area contributed by atoms with Gasteiger partial charge in [0, 0.05) is 5.56 Å². The number of nitrogen functional groups attached to an aromatic ring is 1. The van der Waals surface area contributed by atoms with Gasteiger partial charge in [0.2, 0.25) is 0 Å². The van der Waals surface area contributed by atoms with E-state index >= 15 is 0 Å². The predicted octanol–water partition coefficient (Wildman–Crippen LogP) is 2.28. The lowest BCUT2D eigenvalue weighted by Crippen LogP contribution is -1.93. The van der Waals surface area contributed by atoms with Crippen molar-refractivity contribution < 1.29 is 4.74 Å². The molecule has 2 aromatic rings. The molecule has 16 heavy (non-hydrogen) atoms. The number of nitrogens with zero attached hydrogens (tertiary/aromatic N) is 1. The molecule has 0 aliphatic heterocycles. The van der Waals surface area contributed by atoms with Crippen molar-refractivity contribution in [3.8, 4) is 17.0 Å². The molecule has 0 amide bonds. The van der Waals surface area contributed by atoms with E-state index < -0.39 is 0 Å². The second kappa shape index (κ2) is 3.89. The number of rotatable bonds is 2. The lowest BCUT2D eigenvalue weighted by molar-refractivity contribution is 0.408. The van der Waals surface area contributed by atoms with Crippen LogP contribution in [0.4, 0.5) is 5.69 Å². The minimum absolute atomic E-state index is 0.656. The third-order valence-corrected chi connectivity index (χ3v) is 2.62. The van der Waals surface area contributed by atoms with Gasteiger partial charge in [0.05, 0.1) is 24.7 Å². The highest BCUT2D eigenvalue weighted by Gasteiger charge is 2.09. The normalized spacial score (nSPS) is 10.4. The lowest BCUT2D eigenvalue weighted by Gasteiger charge is -2.10. The largest absolute Gasteiger partial charge is 0.496 e. The summed E-state index contributed by atoms with van der Waals surface area (Å²) < 4.78 is 5.32. The van der Waals surface area contributed by atoms with Crippen molar-refractivity contribution in [3.63, 3.8) is 0 Å². The zero-order valence-electron chi connectivity index (χ0n) is 9.66. The lowest BCUT2D eigenvalue weighted by atomic mass is 10.0. The fourth-order valence-corrected chi connectivity index (χ4v) is 1.94. The molecule has 4 nitrogen and oxygen atoms in total. The smallest absolute Gasteiger partial charge is 0.124 e. The third kappa shape index (κ3) is 1.62. The molecular formula is C12H15N3O. The zero-order chi connectivity index (χ0) is 11.7. The molecule has 0 unspecified atom stereocenters. The maximum atomic E-state index is 5.82. The Bertz CT molecular complexity index is 494. The van der Waals surface area contributed by atoms with Gasteiger partial charge in [0.25, 0.3) is 0 Å². The molecule has 0 aliphatic rings. The number of anilines is 1. The minimum atomic E-state index is 0.656. The Morgan fingerprint density at radius 1 is 1.25 bits per heavy atom. The van der Waals surface area contributed by atoms with E-state index in [1.54, 1.807) is 13.3 Å². The molecule has 0 saturated heterocycles. The Hall–Kier alpha value is -1.97. The summed E-state index contributed by atoms with van der Waals surface area (Å²) >= 11 is 0. The van der Waals surface area contributed by atoms with E-state index in [1.807, 2.05) is 26.0 Å². The molecule has 3 N–H and O–H groups in total. The quantitative estimate of drug-likeness (QED) is 0.811. The molecular weight excluding hydrogens is 202 g/mol. The highest BCUT2D eigenvalue weighted by molar-refractivity contribution is 5.73. The fraction of sp³-hybridized carbons (Fsp3) is 0.250. The van der Waals surface area contributed by atoms with Crippen LogP contribution in [-0.4, -0.2) is 17.3 Å². The topological polar surface area (TPSA) is 63.9 Å². The van der Waals surface area contributed by atoms with Crippen molar-refractivity contribution in [2.24, 2.45) is 0 Å². The van der Waals surface area contributed by atoms with Gasteiger partial charge in [-0.2, -0.15) is 5.10 Å². The van der Waals surface area contributed by atoms with Crippen molar-refractivity contribution >= 4 is 5.69 Å². The van der Waals surface area contributed by atoms with Gasteiger partial charge in [-0.15, -0.1) is 0 Å². The number of aryl methyl sites for hydroxylation is 2. The number of ether oxygens (including phenoxy) is 1. The van der Waals surface area contributed by atoms with E-state index in [9.17, 15) is 0 Å². The maximum Gasteiger partial charge on any atom is 0.124 e. The Labute approximate surface area is 94.4 Å².